The molecule has 0 bridgehead atoms. The number of halogens is 1. The van der Waals surface area contributed by atoms with Crippen molar-refractivity contribution in [2.45, 2.75) is 6.92 Å². The quantitative estimate of drug-likeness (QED) is 0.514. The summed E-state index contributed by atoms with van der Waals surface area (Å²) in [4.78, 5) is 16.8. The molecule has 0 aliphatic heterocycles. The van der Waals surface area contributed by atoms with Gasteiger partial charge in [0.05, 0.1) is 11.2 Å². The normalized spacial score (nSPS) is 10.6. The van der Waals surface area contributed by atoms with Gasteiger partial charge in [-0.3, -0.25) is 9.78 Å². The first-order valence-electron chi connectivity index (χ1n) is 8.63. The van der Waals surface area contributed by atoms with E-state index in [1.165, 1.54) is 0 Å². The van der Waals surface area contributed by atoms with E-state index in [1.54, 1.807) is 36.5 Å². The third-order valence-corrected chi connectivity index (χ3v) is 4.72. The van der Waals surface area contributed by atoms with Crippen molar-refractivity contribution in [1.29, 1.82) is 0 Å². The molecule has 2 aromatic heterocycles. The van der Waals surface area contributed by atoms with Crippen LogP contribution >= 0.6 is 11.6 Å². The van der Waals surface area contributed by atoms with Gasteiger partial charge in [0.2, 0.25) is 0 Å². The molecule has 28 heavy (non-hydrogen) atoms. The molecule has 0 radical (unpaired) electrons. The highest BCUT2D eigenvalue weighted by Gasteiger charge is 2.11. The number of carbonyl (C=O) groups is 1. The molecule has 0 unspecified atom stereocenters. The van der Waals surface area contributed by atoms with Crippen LogP contribution in [0.5, 0.6) is 0 Å². The molecule has 6 nitrogen and oxygen atoms in total. The van der Waals surface area contributed by atoms with Crippen LogP contribution in [0, 0.1) is 6.92 Å². The van der Waals surface area contributed by atoms with Crippen LogP contribution in [0.4, 0.5) is 17.2 Å². The van der Waals surface area contributed by atoms with Crippen LogP contribution in [0.2, 0.25) is 5.02 Å². The Morgan fingerprint density at radius 1 is 0.929 bits per heavy atom. The summed E-state index contributed by atoms with van der Waals surface area (Å²) in [6.07, 6.45) is 1.74. The van der Waals surface area contributed by atoms with Gasteiger partial charge < -0.3 is 10.6 Å². The van der Waals surface area contributed by atoms with Crippen molar-refractivity contribution in [2.24, 2.45) is 0 Å². The van der Waals surface area contributed by atoms with E-state index < -0.39 is 0 Å². The van der Waals surface area contributed by atoms with Crippen LogP contribution in [0.3, 0.4) is 0 Å². The minimum absolute atomic E-state index is 0.209. The van der Waals surface area contributed by atoms with Gasteiger partial charge in [0, 0.05) is 22.3 Å². The first-order valence-corrected chi connectivity index (χ1v) is 9.00. The smallest absolute Gasteiger partial charge is 0.276 e. The summed E-state index contributed by atoms with van der Waals surface area (Å²) in [7, 11) is 0. The van der Waals surface area contributed by atoms with Crippen LogP contribution in [0.1, 0.15) is 16.1 Å². The summed E-state index contributed by atoms with van der Waals surface area (Å²) >= 11 is 6.09. The highest BCUT2D eigenvalue weighted by Crippen LogP contribution is 2.24. The van der Waals surface area contributed by atoms with E-state index in [4.69, 9.17) is 11.6 Å². The van der Waals surface area contributed by atoms with E-state index in [1.807, 2.05) is 37.3 Å². The van der Waals surface area contributed by atoms with Crippen LogP contribution < -0.4 is 10.6 Å². The van der Waals surface area contributed by atoms with Gasteiger partial charge in [-0.2, -0.15) is 0 Å². The minimum atomic E-state index is -0.351. The second-order valence-corrected chi connectivity index (χ2v) is 6.58. The predicted molar refractivity (Wildman–Crippen MR) is 111 cm³/mol. The van der Waals surface area contributed by atoms with Crippen LogP contribution in [-0.4, -0.2) is 21.1 Å². The first-order chi connectivity index (χ1) is 13.6. The molecule has 0 aliphatic rings. The number of pyridine rings is 1. The summed E-state index contributed by atoms with van der Waals surface area (Å²) in [5.74, 6) is 0.171. The third kappa shape index (κ3) is 3.63. The number of hydrogen-bond acceptors (Lipinski definition) is 5. The molecule has 0 fully saturated rings. The molecule has 138 valence electrons. The Morgan fingerprint density at radius 3 is 2.54 bits per heavy atom. The number of fused-ring (bicyclic) bond motifs is 1. The Hall–Kier alpha value is -3.51. The number of nitrogens with zero attached hydrogens (tertiary/aromatic N) is 3. The number of benzene rings is 2. The third-order valence-electron chi connectivity index (χ3n) is 4.31. The number of amides is 1. The monoisotopic (exact) mass is 389 g/mol. The van der Waals surface area contributed by atoms with Crippen molar-refractivity contribution in [3.05, 3.63) is 83.1 Å². The second kappa shape index (κ2) is 7.62. The van der Waals surface area contributed by atoms with Gasteiger partial charge in [0.25, 0.3) is 5.91 Å². The van der Waals surface area contributed by atoms with Gasteiger partial charge >= 0.3 is 0 Å². The summed E-state index contributed by atoms with van der Waals surface area (Å²) in [6.45, 7) is 1.84. The fourth-order valence-corrected chi connectivity index (χ4v) is 2.97. The molecule has 2 heterocycles. The van der Waals surface area contributed by atoms with E-state index in [0.717, 1.165) is 22.2 Å². The zero-order chi connectivity index (χ0) is 19.5. The Balaban J connectivity index is 1.52. The Bertz CT molecular complexity index is 1160. The predicted octanol–water partition coefficient (Wildman–Crippen LogP) is 4.98. The molecule has 1 amide bonds. The van der Waals surface area contributed by atoms with Gasteiger partial charge in [-0.05, 0) is 48.9 Å². The molecule has 4 aromatic rings. The maximum atomic E-state index is 12.4. The number of para-hydroxylation sites is 1. The minimum Gasteiger partial charge on any atom is -0.337 e. The van der Waals surface area contributed by atoms with Crippen molar-refractivity contribution in [2.75, 3.05) is 10.6 Å². The number of carbonyl (C=O) groups excluding carboxylic acids is 1. The Morgan fingerprint density at radius 2 is 1.71 bits per heavy atom. The Kier molecular flexibility index (Phi) is 4.87. The largest absolute Gasteiger partial charge is 0.337 e. The first kappa shape index (κ1) is 17.9. The second-order valence-electron chi connectivity index (χ2n) is 6.18. The van der Waals surface area contributed by atoms with Crippen LogP contribution in [0.15, 0.2) is 66.9 Å². The molecule has 2 N–H and O–H groups in total. The lowest BCUT2D eigenvalue weighted by molar-refractivity contribution is 0.102. The topological polar surface area (TPSA) is 79.8 Å². The number of aromatic nitrogens is 3. The molecule has 0 atom stereocenters. The Labute approximate surface area is 166 Å². The summed E-state index contributed by atoms with van der Waals surface area (Å²) < 4.78 is 0. The zero-order valence-electron chi connectivity index (χ0n) is 15.0. The van der Waals surface area contributed by atoms with E-state index in [0.29, 0.717) is 16.5 Å². The lowest BCUT2D eigenvalue weighted by atomic mass is 10.2. The molecular weight excluding hydrogens is 374 g/mol. The van der Waals surface area contributed by atoms with E-state index in [9.17, 15) is 4.79 Å². The van der Waals surface area contributed by atoms with Crippen molar-refractivity contribution in [1.82, 2.24) is 15.2 Å². The number of anilines is 3. The molecule has 0 spiro atoms. The molecule has 4 rings (SSSR count). The fraction of sp³-hybridized carbons (Fsp3) is 0.0476. The lowest BCUT2D eigenvalue weighted by Gasteiger charge is -2.10. The standard InChI is InChI=1S/C21H16ClN5O/c1-13-15(22)7-3-8-16(13)25-21(28)18-10-11-19(27-26-18)24-17-9-2-5-14-6-4-12-23-20(14)17/h2-12H,1H3,(H,24,27)(H,25,28). The van der Waals surface area contributed by atoms with Gasteiger partial charge in [-0.15, -0.1) is 10.2 Å². The summed E-state index contributed by atoms with van der Waals surface area (Å²) in [6, 6.07) is 18.4. The van der Waals surface area contributed by atoms with Gasteiger partial charge in [-0.1, -0.05) is 35.9 Å². The van der Waals surface area contributed by atoms with Crippen molar-refractivity contribution in [3.63, 3.8) is 0 Å². The molecule has 0 saturated heterocycles. The van der Waals surface area contributed by atoms with Crippen molar-refractivity contribution < 1.29 is 4.79 Å². The van der Waals surface area contributed by atoms with E-state index in [2.05, 4.69) is 25.8 Å². The van der Waals surface area contributed by atoms with E-state index >= 15 is 0 Å². The van der Waals surface area contributed by atoms with Gasteiger partial charge in [-0.25, -0.2) is 0 Å². The SMILES string of the molecule is Cc1c(Cl)cccc1NC(=O)c1ccc(Nc2cccc3cccnc23)nn1. The zero-order valence-corrected chi connectivity index (χ0v) is 15.7. The highest BCUT2D eigenvalue weighted by molar-refractivity contribution is 6.31. The van der Waals surface area contributed by atoms with Crippen molar-refractivity contribution >= 4 is 45.6 Å². The average molecular weight is 390 g/mol. The molecular formula is C21H16ClN5O. The number of rotatable bonds is 4. The van der Waals surface area contributed by atoms with Crippen molar-refractivity contribution in [3.8, 4) is 0 Å². The van der Waals surface area contributed by atoms with E-state index in [-0.39, 0.29) is 11.6 Å². The number of hydrogen-bond donors (Lipinski definition) is 2. The van der Waals surface area contributed by atoms with Crippen LogP contribution in [-0.2, 0) is 0 Å². The van der Waals surface area contributed by atoms with Gasteiger partial charge in [0.1, 0.15) is 0 Å². The molecule has 2 aromatic carbocycles. The lowest BCUT2D eigenvalue weighted by Crippen LogP contribution is -2.15. The number of nitrogens with one attached hydrogen (secondary N) is 2. The maximum absolute atomic E-state index is 12.4. The molecule has 7 heteroatoms. The average Bonchev–Trinajstić information content (AvgIpc) is 2.72. The molecule has 0 saturated carbocycles. The van der Waals surface area contributed by atoms with Gasteiger partial charge in [0.15, 0.2) is 11.5 Å². The fourth-order valence-electron chi connectivity index (χ4n) is 2.79. The van der Waals surface area contributed by atoms with Crippen LogP contribution in [0.25, 0.3) is 10.9 Å². The summed E-state index contributed by atoms with van der Waals surface area (Å²) in [5.41, 5.74) is 3.31. The highest BCUT2D eigenvalue weighted by atomic mass is 35.5. The summed E-state index contributed by atoms with van der Waals surface area (Å²) in [5, 5.41) is 15.7. The molecule has 0 aliphatic carbocycles. The maximum Gasteiger partial charge on any atom is 0.276 e.